The minimum Gasteiger partial charge on any atom is -0.380 e. The maximum absolute atomic E-state index is 10.8. The third-order valence-electron chi connectivity index (χ3n) is 5.04. The molecule has 0 aromatic rings. The zero-order valence-electron chi connectivity index (χ0n) is 12.9. The van der Waals surface area contributed by atoms with E-state index in [4.69, 9.17) is 4.74 Å². The van der Waals surface area contributed by atoms with E-state index in [1.54, 1.807) is 7.11 Å². The monoisotopic (exact) mass is 370 g/mol. The van der Waals surface area contributed by atoms with Gasteiger partial charge in [0.2, 0.25) is 6.04 Å². The van der Waals surface area contributed by atoms with E-state index in [0.29, 0.717) is 23.6 Å². The van der Waals surface area contributed by atoms with Crippen LogP contribution in [-0.4, -0.2) is 29.0 Å². The molecule has 2 saturated carbocycles. The van der Waals surface area contributed by atoms with Gasteiger partial charge < -0.3 is 4.74 Å². The maximum atomic E-state index is 10.8. The van der Waals surface area contributed by atoms with Crippen LogP contribution in [0.25, 0.3) is 0 Å². The van der Waals surface area contributed by atoms with Crippen LogP contribution in [0.2, 0.25) is 0 Å². The topological polar surface area (TPSA) is 76.2 Å². The van der Waals surface area contributed by atoms with Crippen LogP contribution in [0.4, 0.5) is 0 Å². The van der Waals surface area contributed by atoms with E-state index in [0.717, 1.165) is 37.7 Å². The number of hydrogen-bond acceptors (Lipinski definition) is 4. The summed E-state index contributed by atoms with van der Waals surface area (Å²) in [6.45, 7) is 0. The average molecular weight is 371 g/mol. The van der Waals surface area contributed by atoms with Crippen LogP contribution in [0, 0.1) is 33.3 Å². The van der Waals surface area contributed by atoms with Crippen LogP contribution in [0.5, 0.6) is 0 Å². The lowest BCUT2D eigenvalue weighted by atomic mass is 9.79. The molecule has 0 heterocycles. The minimum absolute atomic E-state index is 0.173. The molecule has 0 amide bonds. The van der Waals surface area contributed by atoms with Crippen LogP contribution in [-0.2, 0) is 4.74 Å². The Morgan fingerprint density at radius 2 is 2.00 bits per heavy atom. The first-order valence-electron chi connectivity index (χ1n) is 7.97. The van der Waals surface area contributed by atoms with E-state index in [2.05, 4.69) is 28.1 Å². The van der Waals surface area contributed by atoms with Gasteiger partial charge in [-0.25, -0.2) is 0 Å². The third-order valence-corrected chi connectivity index (χ3v) is 6.00. The van der Waals surface area contributed by atoms with Gasteiger partial charge in [-0.1, -0.05) is 22.0 Å². The summed E-state index contributed by atoms with van der Waals surface area (Å²) in [4.78, 5) is 11.0. The van der Waals surface area contributed by atoms with Crippen LogP contribution >= 0.6 is 15.9 Å². The van der Waals surface area contributed by atoms with Crippen molar-refractivity contribution in [3.63, 3.8) is 0 Å². The molecule has 0 spiro atoms. The first-order valence-corrected chi connectivity index (χ1v) is 8.88. The van der Waals surface area contributed by atoms with Gasteiger partial charge in [-0.3, -0.25) is 10.1 Å². The number of rotatable bonds is 4. The van der Waals surface area contributed by atoms with Crippen molar-refractivity contribution < 1.29 is 9.66 Å². The number of alkyl halides is 1. The molecule has 0 radical (unpaired) electrons. The SMILES string of the molecule is CO[C@@H]1CC[C@H](/C=C(/C#N)C2CCC([N+](=O)[O-])CC2)C[C@@H]1Br. The second-order valence-electron chi connectivity index (χ2n) is 6.39. The van der Waals surface area contributed by atoms with E-state index in [1.807, 2.05) is 0 Å². The van der Waals surface area contributed by atoms with Crippen molar-refractivity contribution in [1.82, 2.24) is 0 Å². The summed E-state index contributed by atoms with van der Waals surface area (Å²) in [6, 6.07) is 1.93. The summed E-state index contributed by atoms with van der Waals surface area (Å²) < 4.78 is 5.44. The molecule has 3 atom stereocenters. The molecule has 2 fully saturated rings. The first-order chi connectivity index (χ1) is 10.5. The smallest absolute Gasteiger partial charge is 0.213 e. The van der Waals surface area contributed by atoms with Gasteiger partial charge in [0.05, 0.1) is 12.2 Å². The van der Waals surface area contributed by atoms with E-state index in [9.17, 15) is 15.4 Å². The van der Waals surface area contributed by atoms with Gasteiger partial charge in [0.1, 0.15) is 0 Å². The molecule has 2 rings (SSSR count). The Balaban J connectivity index is 1.95. The first kappa shape index (κ1) is 17.4. The van der Waals surface area contributed by atoms with Crippen LogP contribution < -0.4 is 0 Å². The van der Waals surface area contributed by atoms with Crippen molar-refractivity contribution >= 4 is 15.9 Å². The molecule has 0 bridgehead atoms. The summed E-state index contributed by atoms with van der Waals surface area (Å²) in [5.74, 6) is 0.605. The number of hydrogen-bond donors (Lipinski definition) is 0. The Labute approximate surface area is 140 Å². The average Bonchev–Trinajstić information content (AvgIpc) is 2.53. The summed E-state index contributed by atoms with van der Waals surface area (Å²) in [5, 5.41) is 20.3. The lowest BCUT2D eigenvalue weighted by molar-refractivity contribution is -0.526. The van der Waals surface area contributed by atoms with Gasteiger partial charge in [-0.05, 0) is 43.9 Å². The molecule has 2 aliphatic carbocycles. The lowest BCUT2D eigenvalue weighted by Gasteiger charge is -2.31. The molecule has 0 N–H and O–H groups in total. The summed E-state index contributed by atoms with van der Waals surface area (Å²) in [6.07, 6.45) is 8.10. The summed E-state index contributed by atoms with van der Waals surface area (Å²) >= 11 is 3.67. The molecule has 0 saturated heterocycles. The van der Waals surface area contributed by atoms with Crippen molar-refractivity contribution in [1.29, 1.82) is 5.26 Å². The third kappa shape index (κ3) is 4.30. The quantitative estimate of drug-likeness (QED) is 0.326. The predicted molar refractivity (Wildman–Crippen MR) is 87.3 cm³/mol. The molecule has 0 aliphatic heterocycles. The minimum atomic E-state index is -0.416. The van der Waals surface area contributed by atoms with Crippen LogP contribution in [0.1, 0.15) is 44.9 Å². The highest BCUT2D eigenvalue weighted by Crippen LogP contribution is 2.36. The van der Waals surface area contributed by atoms with Crippen molar-refractivity contribution in [3.8, 4) is 6.07 Å². The molecule has 0 aromatic heterocycles. The zero-order chi connectivity index (χ0) is 16.1. The molecule has 122 valence electrons. The van der Waals surface area contributed by atoms with E-state index in [1.165, 1.54) is 0 Å². The van der Waals surface area contributed by atoms with Gasteiger partial charge in [0.15, 0.2) is 0 Å². The van der Waals surface area contributed by atoms with Gasteiger partial charge in [-0.15, -0.1) is 0 Å². The summed E-state index contributed by atoms with van der Waals surface area (Å²) in [7, 11) is 1.74. The van der Waals surface area contributed by atoms with Crippen LogP contribution in [0.3, 0.4) is 0 Å². The lowest BCUT2D eigenvalue weighted by Crippen LogP contribution is -2.31. The predicted octanol–water partition coefficient (Wildman–Crippen LogP) is 3.85. The van der Waals surface area contributed by atoms with Gasteiger partial charge in [0.25, 0.3) is 0 Å². The largest absolute Gasteiger partial charge is 0.380 e. The standard InChI is InChI=1S/C16H23BrN2O3/c1-22-16-7-2-11(9-15(16)17)8-13(10-18)12-3-5-14(6-4-12)19(20)21/h8,11-12,14-16H,2-7,9H2,1H3/b13-8-/t11-,12?,14?,15+,16-/m1/s1. The van der Waals surface area contributed by atoms with E-state index in [-0.39, 0.29) is 16.9 Å². The van der Waals surface area contributed by atoms with Crippen molar-refractivity contribution in [3.05, 3.63) is 21.8 Å². The number of halogens is 1. The highest BCUT2D eigenvalue weighted by molar-refractivity contribution is 9.09. The fourth-order valence-corrected chi connectivity index (χ4v) is 4.61. The molecule has 22 heavy (non-hydrogen) atoms. The van der Waals surface area contributed by atoms with Crippen LogP contribution in [0.15, 0.2) is 11.6 Å². The van der Waals surface area contributed by atoms with Crippen molar-refractivity contribution in [2.24, 2.45) is 11.8 Å². The molecular weight excluding hydrogens is 348 g/mol. The van der Waals surface area contributed by atoms with Gasteiger partial charge in [-0.2, -0.15) is 5.26 Å². The number of nitro groups is 1. The molecule has 2 aliphatic rings. The van der Waals surface area contributed by atoms with Gasteiger partial charge >= 0.3 is 0 Å². The Hall–Kier alpha value is -0.930. The van der Waals surface area contributed by atoms with E-state index < -0.39 is 6.04 Å². The molecule has 0 unspecified atom stereocenters. The Morgan fingerprint density at radius 1 is 1.32 bits per heavy atom. The molecule has 6 heteroatoms. The second-order valence-corrected chi connectivity index (χ2v) is 7.56. The Morgan fingerprint density at radius 3 is 2.50 bits per heavy atom. The van der Waals surface area contributed by atoms with E-state index >= 15 is 0 Å². The molecule has 0 aromatic carbocycles. The number of nitriles is 1. The number of methoxy groups -OCH3 is 1. The highest BCUT2D eigenvalue weighted by atomic mass is 79.9. The fraction of sp³-hybridized carbons (Fsp3) is 0.812. The number of ether oxygens (including phenoxy) is 1. The second kappa shape index (κ2) is 8.07. The highest BCUT2D eigenvalue weighted by Gasteiger charge is 2.32. The maximum Gasteiger partial charge on any atom is 0.213 e. The summed E-state index contributed by atoms with van der Waals surface area (Å²) in [5.41, 5.74) is 0.836. The molecule has 5 nitrogen and oxygen atoms in total. The number of nitrogens with zero attached hydrogens (tertiary/aromatic N) is 2. The van der Waals surface area contributed by atoms with Crippen molar-refractivity contribution in [2.75, 3.05) is 7.11 Å². The molecular formula is C16H23BrN2O3. The Bertz CT molecular complexity index is 467. The Kier molecular flexibility index (Phi) is 6.39. The van der Waals surface area contributed by atoms with Gasteiger partial charge in [0, 0.05) is 35.3 Å². The van der Waals surface area contributed by atoms with Crippen molar-refractivity contribution in [2.45, 2.75) is 61.9 Å². The zero-order valence-corrected chi connectivity index (χ0v) is 14.5. The normalized spacial score (nSPS) is 36.6. The fourth-order valence-electron chi connectivity index (χ4n) is 3.65. The number of allylic oxidation sites excluding steroid dienone is 2.